The van der Waals surface area contributed by atoms with Gasteiger partial charge in [0.15, 0.2) is 0 Å². The SMILES string of the molecule is O=C(CCOCc1ccccc1)NC1(C(=O)O)CCOCC1. The molecule has 0 aliphatic carbocycles. The van der Waals surface area contributed by atoms with Gasteiger partial charge in [-0.3, -0.25) is 4.79 Å². The van der Waals surface area contributed by atoms with Gasteiger partial charge in [0.25, 0.3) is 0 Å². The zero-order valence-electron chi connectivity index (χ0n) is 12.4. The number of carboxylic acid groups (broad SMARTS) is 1. The minimum Gasteiger partial charge on any atom is -0.480 e. The molecule has 0 spiro atoms. The van der Waals surface area contributed by atoms with Gasteiger partial charge in [0.1, 0.15) is 5.54 Å². The molecule has 1 aliphatic rings. The molecule has 0 aromatic heterocycles. The molecule has 120 valence electrons. The smallest absolute Gasteiger partial charge is 0.329 e. The number of carboxylic acids is 1. The van der Waals surface area contributed by atoms with Gasteiger partial charge in [0.2, 0.25) is 5.91 Å². The fraction of sp³-hybridized carbons (Fsp3) is 0.500. The molecule has 0 bridgehead atoms. The summed E-state index contributed by atoms with van der Waals surface area (Å²) in [5.41, 5.74) is -0.163. The summed E-state index contributed by atoms with van der Waals surface area (Å²) in [6.07, 6.45) is 0.723. The van der Waals surface area contributed by atoms with Crippen LogP contribution in [0.25, 0.3) is 0 Å². The second kappa shape index (κ2) is 7.91. The van der Waals surface area contributed by atoms with E-state index in [-0.39, 0.29) is 18.9 Å². The Morgan fingerprint density at radius 2 is 1.91 bits per heavy atom. The Hall–Kier alpha value is -1.92. The van der Waals surface area contributed by atoms with Gasteiger partial charge in [0.05, 0.1) is 19.6 Å². The Labute approximate surface area is 129 Å². The summed E-state index contributed by atoms with van der Waals surface area (Å²) in [6, 6.07) is 9.67. The third-order valence-electron chi connectivity index (χ3n) is 3.72. The predicted molar refractivity (Wildman–Crippen MR) is 79.3 cm³/mol. The standard InChI is InChI=1S/C16H21NO5/c18-14(6-9-22-12-13-4-2-1-3-5-13)17-16(15(19)20)7-10-21-11-8-16/h1-5H,6-12H2,(H,17,18)(H,19,20). The normalized spacial score (nSPS) is 16.9. The first kappa shape index (κ1) is 16.5. The van der Waals surface area contributed by atoms with Crippen LogP contribution < -0.4 is 5.32 Å². The zero-order chi connectivity index (χ0) is 15.8. The Morgan fingerprint density at radius 3 is 2.55 bits per heavy atom. The quantitative estimate of drug-likeness (QED) is 0.743. The number of nitrogens with one attached hydrogen (secondary N) is 1. The maximum absolute atomic E-state index is 11.9. The van der Waals surface area contributed by atoms with E-state index in [1.807, 2.05) is 30.3 Å². The monoisotopic (exact) mass is 307 g/mol. The average Bonchev–Trinajstić information content (AvgIpc) is 2.53. The minimum absolute atomic E-state index is 0.142. The van der Waals surface area contributed by atoms with Crippen LogP contribution in [-0.2, 0) is 25.7 Å². The molecule has 1 aliphatic heterocycles. The van der Waals surface area contributed by atoms with E-state index in [1.54, 1.807) is 0 Å². The lowest BCUT2D eigenvalue weighted by molar-refractivity contribution is -0.152. The van der Waals surface area contributed by atoms with Crippen molar-refractivity contribution in [2.24, 2.45) is 0 Å². The number of carbonyl (C=O) groups is 2. The molecule has 1 fully saturated rings. The minimum atomic E-state index is -1.20. The third kappa shape index (κ3) is 4.54. The number of ether oxygens (including phenoxy) is 2. The van der Waals surface area contributed by atoms with Gasteiger partial charge >= 0.3 is 5.97 Å². The molecule has 1 saturated heterocycles. The van der Waals surface area contributed by atoms with Crippen LogP contribution in [0.1, 0.15) is 24.8 Å². The van der Waals surface area contributed by atoms with E-state index in [9.17, 15) is 14.7 Å². The number of hydrogen-bond acceptors (Lipinski definition) is 4. The topological polar surface area (TPSA) is 84.9 Å². The van der Waals surface area contributed by atoms with Crippen LogP contribution in [0, 0.1) is 0 Å². The van der Waals surface area contributed by atoms with Crippen molar-refractivity contribution in [2.45, 2.75) is 31.4 Å². The van der Waals surface area contributed by atoms with E-state index in [0.29, 0.717) is 32.7 Å². The highest BCUT2D eigenvalue weighted by atomic mass is 16.5. The van der Waals surface area contributed by atoms with Crippen LogP contribution in [0.2, 0.25) is 0 Å². The Morgan fingerprint density at radius 1 is 1.23 bits per heavy atom. The Balaban J connectivity index is 1.73. The molecular weight excluding hydrogens is 286 g/mol. The first-order chi connectivity index (χ1) is 10.6. The molecule has 0 unspecified atom stereocenters. The molecular formula is C16H21NO5. The molecule has 1 aromatic carbocycles. The Kier molecular flexibility index (Phi) is 5.91. The lowest BCUT2D eigenvalue weighted by atomic mass is 9.90. The van der Waals surface area contributed by atoms with Crippen LogP contribution in [-0.4, -0.2) is 42.3 Å². The maximum Gasteiger partial charge on any atom is 0.329 e. The van der Waals surface area contributed by atoms with Gasteiger partial charge in [-0.25, -0.2) is 4.79 Å². The molecule has 2 N–H and O–H groups in total. The highest BCUT2D eigenvalue weighted by molar-refractivity contribution is 5.87. The van der Waals surface area contributed by atoms with Crippen molar-refractivity contribution >= 4 is 11.9 Å². The summed E-state index contributed by atoms with van der Waals surface area (Å²) in [5, 5.41) is 12.0. The predicted octanol–water partition coefficient (Wildman–Crippen LogP) is 1.34. The van der Waals surface area contributed by atoms with Crippen molar-refractivity contribution in [1.82, 2.24) is 5.32 Å². The average molecular weight is 307 g/mol. The zero-order valence-corrected chi connectivity index (χ0v) is 12.4. The van der Waals surface area contributed by atoms with Crippen molar-refractivity contribution in [3.63, 3.8) is 0 Å². The van der Waals surface area contributed by atoms with Gasteiger partial charge < -0.3 is 19.9 Å². The van der Waals surface area contributed by atoms with E-state index in [2.05, 4.69) is 5.32 Å². The third-order valence-corrected chi connectivity index (χ3v) is 3.72. The second-order valence-electron chi connectivity index (χ2n) is 5.34. The van der Waals surface area contributed by atoms with Crippen molar-refractivity contribution in [1.29, 1.82) is 0 Å². The first-order valence-corrected chi connectivity index (χ1v) is 7.36. The first-order valence-electron chi connectivity index (χ1n) is 7.36. The van der Waals surface area contributed by atoms with Crippen LogP contribution in [0.4, 0.5) is 0 Å². The number of carbonyl (C=O) groups excluding carboxylic acids is 1. The van der Waals surface area contributed by atoms with Crippen molar-refractivity contribution < 1.29 is 24.2 Å². The molecule has 6 heteroatoms. The van der Waals surface area contributed by atoms with Crippen LogP contribution in [0.15, 0.2) is 30.3 Å². The number of amides is 1. The maximum atomic E-state index is 11.9. The summed E-state index contributed by atoms with van der Waals surface area (Å²) in [6.45, 7) is 1.38. The fourth-order valence-electron chi connectivity index (χ4n) is 2.37. The van der Waals surface area contributed by atoms with Crippen LogP contribution in [0.3, 0.4) is 0 Å². The van der Waals surface area contributed by atoms with Gasteiger partial charge in [-0.2, -0.15) is 0 Å². The van der Waals surface area contributed by atoms with Gasteiger partial charge in [-0.15, -0.1) is 0 Å². The number of hydrogen-bond donors (Lipinski definition) is 2. The van der Waals surface area contributed by atoms with Crippen molar-refractivity contribution in [3.8, 4) is 0 Å². The molecule has 6 nitrogen and oxygen atoms in total. The Bertz CT molecular complexity index is 497. The molecule has 2 rings (SSSR count). The van der Waals surface area contributed by atoms with E-state index in [4.69, 9.17) is 9.47 Å². The van der Waals surface area contributed by atoms with Gasteiger partial charge in [0, 0.05) is 26.1 Å². The number of benzene rings is 1. The molecule has 0 saturated carbocycles. The summed E-state index contributed by atoms with van der Waals surface area (Å²) in [4.78, 5) is 23.4. The van der Waals surface area contributed by atoms with Crippen LogP contribution >= 0.6 is 0 Å². The number of aliphatic carboxylic acids is 1. The molecule has 1 aromatic rings. The van der Waals surface area contributed by atoms with Crippen molar-refractivity contribution in [3.05, 3.63) is 35.9 Å². The molecule has 0 atom stereocenters. The highest BCUT2D eigenvalue weighted by Crippen LogP contribution is 2.21. The van der Waals surface area contributed by atoms with E-state index in [1.165, 1.54) is 0 Å². The largest absolute Gasteiger partial charge is 0.480 e. The van der Waals surface area contributed by atoms with Crippen molar-refractivity contribution in [2.75, 3.05) is 19.8 Å². The lowest BCUT2D eigenvalue weighted by Gasteiger charge is -2.33. The second-order valence-corrected chi connectivity index (χ2v) is 5.34. The fourth-order valence-corrected chi connectivity index (χ4v) is 2.37. The molecule has 1 heterocycles. The molecule has 0 radical (unpaired) electrons. The van der Waals surface area contributed by atoms with E-state index >= 15 is 0 Å². The van der Waals surface area contributed by atoms with Gasteiger partial charge in [-0.05, 0) is 5.56 Å². The highest BCUT2D eigenvalue weighted by Gasteiger charge is 2.41. The van der Waals surface area contributed by atoms with Crippen LogP contribution in [0.5, 0.6) is 0 Å². The molecule has 1 amide bonds. The molecule has 22 heavy (non-hydrogen) atoms. The van der Waals surface area contributed by atoms with Gasteiger partial charge in [-0.1, -0.05) is 30.3 Å². The lowest BCUT2D eigenvalue weighted by Crippen LogP contribution is -2.57. The number of rotatable bonds is 7. The summed E-state index contributed by atoms with van der Waals surface area (Å²) in [7, 11) is 0. The summed E-state index contributed by atoms with van der Waals surface area (Å²) in [5.74, 6) is -1.31. The van der Waals surface area contributed by atoms with E-state index in [0.717, 1.165) is 5.56 Å². The van der Waals surface area contributed by atoms with E-state index < -0.39 is 11.5 Å². The summed E-state index contributed by atoms with van der Waals surface area (Å²) >= 11 is 0. The summed E-state index contributed by atoms with van der Waals surface area (Å²) < 4.78 is 10.6.